The topological polar surface area (TPSA) is 42.8 Å². The summed E-state index contributed by atoms with van der Waals surface area (Å²) in [6.07, 6.45) is 0.815. The average molecular weight is 331 g/mol. The molecule has 0 aliphatic rings. The van der Waals surface area contributed by atoms with Crippen LogP contribution in [-0.2, 0) is 17.8 Å². The summed E-state index contributed by atoms with van der Waals surface area (Å²) in [5, 5.41) is 2.92. The number of benzene rings is 2. The molecular weight excluding hydrogens is 307 g/mol. The van der Waals surface area contributed by atoms with E-state index in [9.17, 15) is 9.18 Å². The Kier molecular flexibility index (Phi) is 6.75. The van der Waals surface area contributed by atoms with Crippen molar-refractivity contribution in [3.63, 3.8) is 0 Å². The lowest BCUT2D eigenvalue weighted by Gasteiger charge is -2.14. The van der Waals surface area contributed by atoms with E-state index in [1.54, 1.807) is 6.07 Å². The number of quaternary nitrogens is 1. The summed E-state index contributed by atoms with van der Waals surface area (Å²) < 4.78 is 18.6. The van der Waals surface area contributed by atoms with Crippen LogP contribution in [-0.4, -0.2) is 33.2 Å². The number of carbonyl (C=O) groups excluding carboxylic acids is 1. The monoisotopic (exact) mass is 331 g/mol. The SMILES string of the molecule is COc1ccc(C[NH+](C)CC(=O)NCCc2ccccc2)cc1F. The molecule has 2 aromatic rings. The van der Waals surface area contributed by atoms with E-state index >= 15 is 0 Å². The van der Waals surface area contributed by atoms with Crippen molar-refractivity contribution < 1.29 is 18.8 Å². The zero-order chi connectivity index (χ0) is 17.4. The number of rotatable bonds is 8. The molecule has 0 saturated heterocycles. The lowest BCUT2D eigenvalue weighted by Crippen LogP contribution is -3.08. The van der Waals surface area contributed by atoms with Gasteiger partial charge >= 0.3 is 0 Å². The molecule has 0 bridgehead atoms. The lowest BCUT2D eigenvalue weighted by molar-refractivity contribution is -0.885. The van der Waals surface area contributed by atoms with Crippen LogP contribution >= 0.6 is 0 Å². The Morgan fingerprint density at radius 2 is 1.92 bits per heavy atom. The second kappa shape index (κ2) is 9.03. The van der Waals surface area contributed by atoms with Gasteiger partial charge in [-0.05, 0) is 30.2 Å². The number of carbonyl (C=O) groups is 1. The van der Waals surface area contributed by atoms with Crippen molar-refractivity contribution in [2.24, 2.45) is 0 Å². The summed E-state index contributed by atoms with van der Waals surface area (Å²) >= 11 is 0. The molecule has 0 aliphatic heterocycles. The van der Waals surface area contributed by atoms with E-state index in [0.717, 1.165) is 16.9 Å². The lowest BCUT2D eigenvalue weighted by atomic mass is 10.1. The van der Waals surface area contributed by atoms with Gasteiger partial charge in [0.25, 0.3) is 5.91 Å². The molecule has 2 rings (SSSR count). The molecule has 1 amide bonds. The van der Waals surface area contributed by atoms with Crippen molar-refractivity contribution in [3.05, 3.63) is 65.5 Å². The van der Waals surface area contributed by atoms with Gasteiger partial charge in [0.1, 0.15) is 6.54 Å². The quantitative estimate of drug-likeness (QED) is 0.764. The molecule has 4 nitrogen and oxygen atoms in total. The van der Waals surface area contributed by atoms with Gasteiger partial charge in [0.15, 0.2) is 18.1 Å². The molecule has 2 N–H and O–H groups in total. The first-order chi connectivity index (χ1) is 11.6. The highest BCUT2D eigenvalue weighted by Crippen LogP contribution is 2.16. The maximum absolute atomic E-state index is 13.7. The van der Waals surface area contributed by atoms with Gasteiger partial charge in [-0.25, -0.2) is 4.39 Å². The zero-order valence-corrected chi connectivity index (χ0v) is 14.1. The normalized spacial score (nSPS) is 11.8. The van der Waals surface area contributed by atoms with Crippen LogP contribution in [0.25, 0.3) is 0 Å². The van der Waals surface area contributed by atoms with Gasteiger partial charge in [0.2, 0.25) is 0 Å². The van der Waals surface area contributed by atoms with E-state index < -0.39 is 0 Å². The van der Waals surface area contributed by atoms with Crippen LogP contribution in [0.5, 0.6) is 5.75 Å². The molecule has 0 aromatic heterocycles. The summed E-state index contributed by atoms with van der Waals surface area (Å²) in [7, 11) is 3.36. The number of hydrogen-bond donors (Lipinski definition) is 2. The molecule has 0 spiro atoms. The maximum atomic E-state index is 13.7. The maximum Gasteiger partial charge on any atom is 0.275 e. The fraction of sp³-hybridized carbons (Fsp3) is 0.316. The van der Waals surface area contributed by atoms with Crippen LogP contribution in [0.4, 0.5) is 4.39 Å². The first-order valence-corrected chi connectivity index (χ1v) is 8.03. The Hall–Kier alpha value is -2.40. The highest BCUT2D eigenvalue weighted by atomic mass is 19.1. The molecule has 128 valence electrons. The van der Waals surface area contributed by atoms with Crippen molar-refractivity contribution in [1.82, 2.24) is 5.32 Å². The van der Waals surface area contributed by atoms with Gasteiger partial charge in [0.05, 0.1) is 14.2 Å². The van der Waals surface area contributed by atoms with Crippen molar-refractivity contribution in [2.75, 3.05) is 27.2 Å². The predicted molar refractivity (Wildman–Crippen MR) is 91.6 cm³/mol. The van der Waals surface area contributed by atoms with Gasteiger partial charge in [-0.1, -0.05) is 30.3 Å². The Morgan fingerprint density at radius 1 is 1.17 bits per heavy atom. The Bertz CT molecular complexity index is 662. The predicted octanol–water partition coefficient (Wildman–Crippen LogP) is 1.21. The van der Waals surface area contributed by atoms with E-state index in [-0.39, 0.29) is 17.5 Å². The zero-order valence-electron chi connectivity index (χ0n) is 14.1. The van der Waals surface area contributed by atoms with Gasteiger partial charge in [-0.2, -0.15) is 0 Å². The Morgan fingerprint density at radius 3 is 2.58 bits per heavy atom. The number of ether oxygens (including phenoxy) is 1. The molecule has 0 aliphatic carbocycles. The molecule has 0 saturated carbocycles. The smallest absolute Gasteiger partial charge is 0.275 e. The number of hydrogen-bond acceptors (Lipinski definition) is 2. The highest BCUT2D eigenvalue weighted by molar-refractivity contribution is 5.76. The molecule has 2 aromatic carbocycles. The van der Waals surface area contributed by atoms with Gasteiger partial charge in [-0.15, -0.1) is 0 Å². The first kappa shape index (κ1) is 17.9. The van der Waals surface area contributed by atoms with Crippen LogP contribution in [0.15, 0.2) is 48.5 Å². The van der Waals surface area contributed by atoms with E-state index in [2.05, 4.69) is 5.32 Å². The summed E-state index contributed by atoms with van der Waals surface area (Å²) in [5.41, 5.74) is 2.04. The van der Waals surface area contributed by atoms with Gasteiger partial charge in [-0.3, -0.25) is 4.79 Å². The van der Waals surface area contributed by atoms with Gasteiger partial charge in [0, 0.05) is 12.1 Å². The average Bonchev–Trinajstić information content (AvgIpc) is 2.56. The van der Waals surface area contributed by atoms with Crippen molar-refractivity contribution in [2.45, 2.75) is 13.0 Å². The second-order valence-corrected chi connectivity index (χ2v) is 5.87. The molecule has 0 fully saturated rings. The van der Waals surface area contributed by atoms with Crippen molar-refractivity contribution >= 4 is 5.91 Å². The van der Waals surface area contributed by atoms with Crippen LogP contribution in [0.3, 0.4) is 0 Å². The van der Waals surface area contributed by atoms with Crippen molar-refractivity contribution in [1.29, 1.82) is 0 Å². The minimum absolute atomic E-state index is 0.00239. The third kappa shape index (κ3) is 5.66. The standard InChI is InChI=1S/C19H23FN2O2/c1-22(13-16-8-9-18(24-2)17(20)12-16)14-19(23)21-11-10-15-6-4-3-5-7-15/h3-9,12H,10-11,13-14H2,1-2H3,(H,21,23)/p+1. The number of halogens is 1. The van der Waals surface area contributed by atoms with Crippen LogP contribution in [0, 0.1) is 5.82 Å². The fourth-order valence-electron chi connectivity index (χ4n) is 2.56. The van der Waals surface area contributed by atoms with E-state index in [0.29, 0.717) is 19.6 Å². The van der Waals surface area contributed by atoms with Crippen molar-refractivity contribution in [3.8, 4) is 5.75 Å². The van der Waals surface area contributed by atoms with E-state index in [4.69, 9.17) is 4.74 Å². The molecule has 5 heteroatoms. The minimum atomic E-state index is -0.380. The molecular formula is C19H24FN2O2+. The summed E-state index contributed by atoms with van der Waals surface area (Å²) in [5.74, 6) is -0.150. The summed E-state index contributed by atoms with van der Waals surface area (Å²) in [6, 6.07) is 14.9. The fourth-order valence-corrected chi connectivity index (χ4v) is 2.56. The summed E-state index contributed by atoms with van der Waals surface area (Å²) in [6.45, 7) is 1.54. The number of methoxy groups -OCH3 is 1. The van der Waals surface area contributed by atoms with Crippen LogP contribution < -0.4 is 15.0 Å². The second-order valence-electron chi connectivity index (χ2n) is 5.87. The molecule has 1 atom stereocenters. The first-order valence-electron chi connectivity index (χ1n) is 8.03. The van der Waals surface area contributed by atoms with Crippen LogP contribution in [0.1, 0.15) is 11.1 Å². The molecule has 24 heavy (non-hydrogen) atoms. The number of nitrogens with one attached hydrogen (secondary N) is 2. The highest BCUT2D eigenvalue weighted by Gasteiger charge is 2.12. The molecule has 1 unspecified atom stereocenters. The minimum Gasteiger partial charge on any atom is -0.494 e. The van der Waals surface area contributed by atoms with Gasteiger partial charge < -0.3 is 15.0 Å². The number of likely N-dealkylation sites (N-methyl/N-ethyl adjacent to an activating group) is 1. The van der Waals surface area contributed by atoms with E-state index in [1.807, 2.05) is 43.4 Å². The summed E-state index contributed by atoms with van der Waals surface area (Å²) in [4.78, 5) is 13.0. The largest absolute Gasteiger partial charge is 0.494 e. The number of amides is 1. The van der Waals surface area contributed by atoms with E-state index in [1.165, 1.54) is 18.7 Å². The molecule has 0 radical (unpaired) electrons. The third-order valence-electron chi connectivity index (χ3n) is 3.76. The van der Waals surface area contributed by atoms with Crippen LogP contribution in [0.2, 0.25) is 0 Å². The Balaban J connectivity index is 1.74. The third-order valence-corrected chi connectivity index (χ3v) is 3.76. The molecule has 0 heterocycles. The Labute approximate surface area is 142 Å².